The Hall–Kier alpha value is -4.08. The van der Waals surface area contributed by atoms with Gasteiger partial charge in [0.05, 0.1) is 7.11 Å². The van der Waals surface area contributed by atoms with Crippen molar-refractivity contribution in [3.05, 3.63) is 65.7 Å². The van der Waals surface area contributed by atoms with Gasteiger partial charge in [0.1, 0.15) is 30.0 Å². The molecule has 0 bridgehead atoms. The molecule has 0 aliphatic carbocycles. The van der Waals surface area contributed by atoms with Crippen molar-refractivity contribution in [2.75, 3.05) is 13.7 Å². The zero-order chi connectivity index (χ0) is 29.2. The van der Waals surface area contributed by atoms with Crippen molar-refractivity contribution >= 4 is 23.9 Å². The molecule has 3 unspecified atom stereocenters. The third kappa shape index (κ3) is 9.63. The second-order valence-corrected chi connectivity index (χ2v) is 10.2. The minimum absolute atomic E-state index is 0.0116. The molecule has 0 aromatic heterocycles. The van der Waals surface area contributed by atoms with E-state index in [0.29, 0.717) is 12.0 Å². The first kappa shape index (κ1) is 31.1. The van der Waals surface area contributed by atoms with Crippen molar-refractivity contribution in [1.82, 2.24) is 15.5 Å². The summed E-state index contributed by atoms with van der Waals surface area (Å²) in [5.41, 5.74) is 0.426. The van der Waals surface area contributed by atoms with E-state index in [9.17, 15) is 24.3 Å². The molecule has 0 aliphatic rings. The summed E-state index contributed by atoms with van der Waals surface area (Å²) in [7, 11) is 1.21. The first-order valence-electron chi connectivity index (χ1n) is 12.8. The van der Waals surface area contributed by atoms with E-state index in [1.807, 2.05) is 37.3 Å². The molecule has 0 radical (unpaired) electrons. The molecule has 0 fully saturated rings. The summed E-state index contributed by atoms with van der Waals surface area (Å²) in [5.74, 6) is -1.79. The van der Waals surface area contributed by atoms with Gasteiger partial charge in [-0.2, -0.15) is 0 Å². The monoisotopic (exact) mass is 541 g/mol. The number of amides is 3. The van der Waals surface area contributed by atoms with Gasteiger partial charge in [-0.05, 0) is 57.4 Å². The predicted molar refractivity (Wildman–Crippen MR) is 146 cm³/mol. The number of nitrogens with one attached hydrogen (secondary N) is 2. The molecule has 212 valence electrons. The molecule has 10 nitrogen and oxygen atoms in total. The van der Waals surface area contributed by atoms with Gasteiger partial charge in [-0.15, -0.1) is 0 Å². The second-order valence-electron chi connectivity index (χ2n) is 10.2. The lowest BCUT2D eigenvalue weighted by Gasteiger charge is -2.38. The zero-order valence-corrected chi connectivity index (χ0v) is 23.4. The number of phenols is 1. The number of benzene rings is 2. The van der Waals surface area contributed by atoms with Crippen LogP contribution in [-0.2, 0) is 30.3 Å². The largest absolute Gasteiger partial charge is 0.508 e. The number of hydrogen-bond acceptors (Lipinski definition) is 7. The average molecular weight is 542 g/mol. The van der Waals surface area contributed by atoms with Crippen LogP contribution >= 0.6 is 0 Å². The highest BCUT2D eigenvalue weighted by Crippen LogP contribution is 2.28. The van der Waals surface area contributed by atoms with Gasteiger partial charge in [0.15, 0.2) is 0 Å². The first-order chi connectivity index (χ1) is 18.4. The van der Waals surface area contributed by atoms with Crippen LogP contribution in [0, 0.1) is 0 Å². The van der Waals surface area contributed by atoms with E-state index >= 15 is 0 Å². The topological polar surface area (TPSA) is 134 Å². The molecule has 3 atom stereocenters. The molecule has 3 N–H and O–H groups in total. The molecule has 39 heavy (non-hydrogen) atoms. The predicted octanol–water partition coefficient (Wildman–Crippen LogP) is 3.49. The van der Waals surface area contributed by atoms with Crippen molar-refractivity contribution in [3.63, 3.8) is 0 Å². The minimum Gasteiger partial charge on any atom is -0.508 e. The second kappa shape index (κ2) is 14.2. The highest BCUT2D eigenvalue weighted by Gasteiger charge is 2.38. The Morgan fingerprint density at radius 3 is 2.15 bits per heavy atom. The number of ether oxygens (including phenoxy) is 2. The molecule has 2 rings (SSSR count). The minimum atomic E-state index is -1.17. The van der Waals surface area contributed by atoms with Gasteiger partial charge in [-0.3, -0.25) is 14.4 Å². The van der Waals surface area contributed by atoms with E-state index < -0.39 is 54.1 Å². The number of nitrogens with zero attached hydrogens (tertiary/aromatic N) is 1. The number of methoxy groups -OCH3 is 1. The van der Waals surface area contributed by atoms with E-state index in [1.165, 1.54) is 36.3 Å². The third-order valence-corrected chi connectivity index (χ3v) is 5.96. The van der Waals surface area contributed by atoms with Gasteiger partial charge in [0.2, 0.25) is 11.8 Å². The Balaban J connectivity index is 2.55. The van der Waals surface area contributed by atoms with E-state index in [-0.39, 0.29) is 12.2 Å². The van der Waals surface area contributed by atoms with E-state index in [2.05, 4.69) is 15.4 Å². The highest BCUT2D eigenvalue weighted by molar-refractivity contribution is 5.93. The molecule has 2 aromatic carbocycles. The fourth-order valence-corrected chi connectivity index (χ4v) is 3.90. The van der Waals surface area contributed by atoms with E-state index in [4.69, 9.17) is 4.74 Å². The Bertz CT molecular complexity index is 1110. The van der Waals surface area contributed by atoms with Crippen LogP contribution in [0.3, 0.4) is 0 Å². The average Bonchev–Trinajstić information content (AvgIpc) is 2.89. The Morgan fingerprint density at radius 2 is 1.62 bits per heavy atom. The lowest BCUT2D eigenvalue weighted by Crippen LogP contribution is -2.56. The van der Waals surface area contributed by atoms with Crippen molar-refractivity contribution < 1.29 is 33.8 Å². The molecule has 0 saturated carbocycles. The lowest BCUT2D eigenvalue weighted by atomic mass is 9.98. The van der Waals surface area contributed by atoms with Crippen molar-refractivity contribution in [1.29, 1.82) is 0 Å². The number of alkyl carbamates (subject to hydrolysis) is 1. The van der Waals surface area contributed by atoms with Crippen LogP contribution in [0.4, 0.5) is 4.79 Å². The van der Waals surface area contributed by atoms with Crippen LogP contribution < -0.4 is 10.6 Å². The summed E-state index contributed by atoms with van der Waals surface area (Å²) >= 11 is 0. The Kier molecular flexibility index (Phi) is 11.3. The molecule has 0 spiro atoms. The molecule has 10 heteroatoms. The quantitative estimate of drug-likeness (QED) is 0.371. The number of phenolic OH excluding ortho intramolecular Hbond substituents is 1. The number of esters is 1. The van der Waals surface area contributed by atoms with Crippen LogP contribution in [0.2, 0.25) is 0 Å². The molecule has 0 aliphatic heterocycles. The molecule has 0 heterocycles. The van der Waals surface area contributed by atoms with Crippen molar-refractivity contribution in [2.24, 2.45) is 0 Å². The van der Waals surface area contributed by atoms with Crippen LogP contribution in [-0.4, -0.2) is 65.2 Å². The molecule has 0 saturated heterocycles. The maximum absolute atomic E-state index is 14.3. The third-order valence-electron chi connectivity index (χ3n) is 5.96. The van der Waals surface area contributed by atoms with Crippen LogP contribution in [0.25, 0.3) is 0 Å². The summed E-state index contributed by atoms with van der Waals surface area (Å²) in [6, 6.07) is 12.4. The molecular formula is C29H39N3O7. The lowest BCUT2D eigenvalue weighted by molar-refractivity contribution is -0.146. The van der Waals surface area contributed by atoms with E-state index in [1.54, 1.807) is 27.7 Å². The van der Waals surface area contributed by atoms with E-state index in [0.717, 1.165) is 5.56 Å². The molecular weight excluding hydrogens is 502 g/mol. The van der Waals surface area contributed by atoms with Gasteiger partial charge < -0.3 is 30.1 Å². The summed E-state index contributed by atoms with van der Waals surface area (Å²) in [6.45, 7) is 8.44. The number of rotatable bonds is 11. The van der Waals surface area contributed by atoms with Gasteiger partial charge in [0, 0.05) is 12.5 Å². The highest BCUT2D eigenvalue weighted by atomic mass is 16.6. The smallest absolute Gasteiger partial charge is 0.408 e. The maximum Gasteiger partial charge on any atom is 0.408 e. The number of aromatic hydroxyl groups is 1. The fraction of sp³-hybridized carbons (Fsp3) is 0.448. The standard InChI is InChI=1S/C29H39N3O7/c1-7-19(2)32(25(21-13-15-22(33)16-14-21)26(35)30-18-24(34)38-6)27(36)23(17-20-11-9-8-10-12-20)31-28(37)39-29(3,4)5/h8-16,19,23,25,33H,7,17-18H2,1-6H3,(H,30,35)(H,31,37). The number of carbonyl (C=O) groups excluding carboxylic acids is 4. The van der Waals surface area contributed by atoms with Gasteiger partial charge in [-0.25, -0.2) is 4.79 Å². The summed E-state index contributed by atoms with van der Waals surface area (Å²) in [5, 5.41) is 15.1. The van der Waals surface area contributed by atoms with Crippen molar-refractivity contribution in [3.8, 4) is 5.75 Å². The zero-order valence-electron chi connectivity index (χ0n) is 23.4. The Morgan fingerprint density at radius 1 is 1.00 bits per heavy atom. The van der Waals surface area contributed by atoms with Crippen LogP contribution in [0.5, 0.6) is 5.75 Å². The summed E-state index contributed by atoms with van der Waals surface area (Å²) in [4.78, 5) is 53.7. The molecule has 3 amide bonds. The number of carbonyl (C=O) groups is 4. The summed E-state index contributed by atoms with van der Waals surface area (Å²) < 4.78 is 10.1. The number of hydrogen-bond donors (Lipinski definition) is 3. The van der Waals surface area contributed by atoms with Gasteiger partial charge >= 0.3 is 12.1 Å². The van der Waals surface area contributed by atoms with Gasteiger partial charge in [0.25, 0.3) is 0 Å². The molecule has 2 aromatic rings. The SMILES string of the molecule is CCC(C)N(C(=O)C(Cc1ccccc1)NC(=O)OC(C)(C)C)C(C(=O)NCC(=O)OC)c1ccc(O)cc1. The summed E-state index contributed by atoms with van der Waals surface area (Å²) in [6.07, 6.45) is -0.121. The van der Waals surface area contributed by atoms with Gasteiger partial charge in [-0.1, -0.05) is 49.4 Å². The Labute approximate surface area is 229 Å². The fourth-order valence-electron chi connectivity index (χ4n) is 3.90. The van der Waals surface area contributed by atoms with Crippen molar-refractivity contribution in [2.45, 2.75) is 71.2 Å². The maximum atomic E-state index is 14.3. The normalized spacial score (nSPS) is 13.4. The van der Waals surface area contributed by atoms with Crippen LogP contribution in [0.1, 0.15) is 58.2 Å². The van der Waals surface area contributed by atoms with Crippen LogP contribution in [0.15, 0.2) is 54.6 Å². The first-order valence-corrected chi connectivity index (χ1v) is 12.8.